The fraction of sp³-hybridized carbons (Fsp3) is 0.357. The van der Waals surface area contributed by atoms with Gasteiger partial charge in [0.2, 0.25) is 0 Å². The van der Waals surface area contributed by atoms with Gasteiger partial charge in [-0.15, -0.1) is 0 Å². The van der Waals surface area contributed by atoms with Gasteiger partial charge in [0.25, 0.3) is 0 Å². The summed E-state index contributed by atoms with van der Waals surface area (Å²) in [4.78, 5) is 0. The molecule has 0 spiro atoms. The molecule has 2 aromatic rings. The van der Waals surface area contributed by atoms with E-state index in [1.165, 1.54) is 24.0 Å². The third-order valence-electron chi connectivity index (χ3n) is 3.11. The Hall–Kier alpha value is -1.61. The molecule has 1 aromatic carbocycles. The van der Waals surface area contributed by atoms with Crippen LogP contribution in [0.3, 0.4) is 0 Å². The summed E-state index contributed by atoms with van der Waals surface area (Å²) in [6.45, 7) is 0.964. The minimum absolute atomic E-state index is 0.758. The van der Waals surface area contributed by atoms with Crippen molar-refractivity contribution in [2.75, 3.05) is 0 Å². The van der Waals surface area contributed by atoms with E-state index in [1.54, 1.807) is 0 Å². The minimum Gasteiger partial charge on any atom is -0.310 e. The van der Waals surface area contributed by atoms with Crippen molar-refractivity contribution in [2.24, 2.45) is 7.05 Å². The minimum atomic E-state index is 0.758. The third kappa shape index (κ3) is 2.56. The van der Waals surface area contributed by atoms with E-state index in [2.05, 4.69) is 34.7 Å². The molecule has 0 saturated heterocycles. The quantitative estimate of drug-likeness (QED) is 0.869. The first-order chi connectivity index (χ1) is 8.31. The number of aryl methyl sites for hydroxylation is 1. The number of hydrogen-bond donors (Lipinski definition) is 1. The lowest BCUT2D eigenvalue weighted by Crippen LogP contribution is -2.15. The monoisotopic (exact) mass is 227 g/mol. The van der Waals surface area contributed by atoms with Crippen molar-refractivity contribution < 1.29 is 0 Å². The van der Waals surface area contributed by atoms with Gasteiger partial charge >= 0.3 is 0 Å². The van der Waals surface area contributed by atoms with Gasteiger partial charge in [0.05, 0.1) is 5.69 Å². The lowest BCUT2D eigenvalue weighted by atomic mass is 10.1. The second kappa shape index (κ2) is 4.34. The first-order valence-corrected chi connectivity index (χ1v) is 6.13. The standard InChI is InChI=1S/C14H17N3/c1-17-8-7-14(16-17)12-4-2-3-11(9-12)10-15-13-5-6-13/h2-4,7-9,13,15H,5-6,10H2,1H3. The van der Waals surface area contributed by atoms with Gasteiger partial charge in [-0.05, 0) is 30.5 Å². The number of benzene rings is 1. The first-order valence-electron chi connectivity index (χ1n) is 6.13. The fourth-order valence-electron chi connectivity index (χ4n) is 1.96. The van der Waals surface area contributed by atoms with Gasteiger partial charge in [-0.1, -0.05) is 18.2 Å². The highest BCUT2D eigenvalue weighted by Crippen LogP contribution is 2.21. The van der Waals surface area contributed by atoms with Crippen molar-refractivity contribution in [2.45, 2.75) is 25.4 Å². The molecule has 0 unspecified atom stereocenters. The summed E-state index contributed by atoms with van der Waals surface area (Å²) < 4.78 is 1.84. The average molecular weight is 227 g/mol. The molecule has 0 radical (unpaired) electrons. The van der Waals surface area contributed by atoms with Crippen LogP contribution in [0.1, 0.15) is 18.4 Å². The summed E-state index contributed by atoms with van der Waals surface area (Å²) >= 11 is 0. The molecule has 1 fully saturated rings. The van der Waals surface area contributed by atoms with Crippen LogP contribution in [0.15, 0.2) is 36.5 Å². The summed E-state index contributed by atoms with van der Waals surface area (Å²) in [6.07, 6.45) is 4.64. The number of hydrogen-bond acceptors (Lipinski definition) is 2. The lowest BCUT2D eigenvalue weighted by Gasteiger charge is -2.04. The van der Waals surface area contributed by atoms with Crippen molar-refractivity contribution in [1.82, 2.24) is 15.1 Å². The zero-order valence-corrected chi connectivity index (χ0v) is 10.1. The molecule has 3 nitrogen and oxygen atoms in total. The van der Waals surface area contributed by atoms with Crippen LogP contribution < -0.4 is 5.32 Å². The maximum Gasteiger partial charge on any atom is 0.0923 e. The molecule has 1 heterocycles. The highest BCUT2D eigenvalue weighted by atomic mass is 15.2. The molecule has 3 rings (SSSR count). The van der Waals surface area contributed by atoms with Gasteiger partial charge in [-0.3, -0.25) is 4.68 Å². The van der Waals surface area contributed by atoms with Gasteiger partial charge in [0, 0.05) is 31.4 Å². The van der Waals surface area contributed by atoms with E-state index >= 15 is 0 Å². The SMILES string of the molecule is Cn1ccc(-c2cccc(CNC3CC3)c2)n1. The Kier molecular flexibility index (Phi) is 2.69. The average Bonchev–Trinajstić information content (AvgIpc) is 3.08. The predicted molar refractivity (Wildman–Crippen MR) is 68.5 cm³/mol. The van der Waals surface area contributed by atoms with Crippen LogP contribution >= 0.6 is 0 Å². The lowest BCUT2D eigenvalue weighted by molar-refractivity contribution is 0.688. The summed E-state index contributed by atoms with van der Waals surface area (Å²) in [5.41, 5.74) is 3.57. The molecule has 1 aliphatic carbocycles. The largest absolute Gasteiger partial charge is 0.310 e. The maximum absolute atomic E-state index is 4.43. The van der Waals surface area contributed by atoms with Crippen LogP contribution in [0.2, 0.25) is 0 Å². The highest BCUT2D eigenvalue weighted by molar-refractivity contribution is 5.59. The Balaban J connectivity index is 1.77. The molecule has 1 saturated carbocycles. The molecule has 1 aromatic heterocycles. The zero-order chi connectivity index (χ0) is 11.7. The fourth-order valence-corrected chi connectivity index (χ4v) is 1.96. The van der Waals surface area contributed by atoms with Crippen molar-refractivity contribution in [1.29, 1.82) is 0 Å². The molecule has 0 amide bonds. The van der Waals surface area contributed by atoms with Crippen molar-refractivity contribution in [3.8, 4) is 11.3 Å². The number of rotatable bonds is 4. The van der Waals surface area contributed by atoms with Crippen LogP contribution in [0.25, 0.3) is 11.3 Å². The molecular weight excluding hydrogens is 210 g/mol. The van der Waals surface area contributed by atoms with Gasteiger partial charge in [0.1, 0.15) is 0 Å². The Morgan fingerprint density at radius 3 is 2.94 bits per heavy atom. The molecule has 88 valence electrons. The summed E-state index contributed by atoms with van der Waals surface area (Å²) in [6, 6.07) is 11.4. The highest BCUT2D eigenvalue weighted by Gasteiger charge is 2.19. The summed E-state index contributed by atoms with van der Waals surface area (Å²) in [7, 11) is 1.95. The van der Waals surface area contributed by atoms with Crippen LogP contribution in [0, 0.1) is 0 Å². The molecule has 0 aliphatic heterocycles. The molecule has 1 aliphatic rings. The van der Waals surface area contributed by atoms with Crippen molar-refractivity contribution >= 4 is 0 Å². The van der Waals surface area contributed by atoms with Crippen LogP contribution in [0.4, 0.5) is 0 Å². The molecule has 1 N–H and O–H groups in total. The smallest absolute Gasteiger partial charge is 0.0923 e. The first kappa shape index (κ1) is 10.5. The van der Waals surface area contributed by atoms with E-state index in [1.807, 2.05) is 24.0 Å². The third-order valence-corrected chi connectivity index (χ3v) is 3.11. The predicted octanol–water partition coefficient (Wildman–Crippen LogP) is 2.34. The summed E-state index contributed by atoms with van der Waals surface area (Å²) in [5.74, 6) is 0. The Morgan fingerprint density at radius 1 is 1.35 bits per heavy atom. The van der Waals surface area contributed by atoms with E-state index in [-0.39, 0.29) is 0 Å². The van der Waals surface area contributed by atoms with Crippen LogP contribution in [-0.2, 0) is 13.6 Å². The van der Waals surface area contributed by atoms with E-state index in [0.29, 0.717) is 0 Å². The Bertz CT molecular complexity index is 512. The normalized spacial score (nSPS) is 15.1. The molecule has 0 atom stereocenters. The second-order valence-electron chi connectivity index (χ2n) is 4.73. The molecule has 3 heteroatoms. The van der Waals surface area contributed by atoms with Gasteiger partial charge in [-0.25, -0.2) is 0 Å². The number of nitrogens with zero attached hydrogens (tertiary/aromatic N) is 2. The van der Waals surface area contributed by atoms with Gasteiger partial charge in [-0.2, -0.15) is 5.10 Å². The van der Waals surface area contributed by atoms with Gasteiger partial charge in [0.15, 0.2) is 0 Å². The number of aromatic nitrogens is 2. The van der Waals surface area contributed by atoms with E-state index in [9.17, 15) is 0 Å². The van der Waals surface area contributed by atoms with Crippen molar-refractivity contribution in [3.05, 3.63) is 42.1 Å². The zero-order valence-electron chi connectivity index (χ0n) is 10.1. The maximum atomic E-state index is 4.43. The van der Waals surface area contributed by atoms with Gasteiger partial charge < -0.3 is 5.32 Å². The molecular formula is C14H17N3. The molecule has 0 bridgehead atoms. The van der Waals surface area contributed by atoms with Crippen LogP contribution in [0.5, 0.6) is 0 Å². The van der Waals surface area contributed by atoms with E-state index in [0.717, 1.165) is 18.3 Å². The van der Waals surface area contributed by atoms with Crippen molar-refractivity contribution in [3.63, 3.8) is 0 Å². The second-order valence-corrected chi connectivity index (χ2v) is 4.73. The van der Waals surface area contributed by atoms with Crippen LogP contribution in [-0.4, -0.2) is 15.8 Å². The molecule has 17 heavy (non-hydrogen) atoms. The van der Waals surface area contributed by atoms with E-state index < -0.39 is 0 Å². The number of nitrogens with one attached hydrogen (secondary N) is 1. The topological polar surface area (TPSA) is 29.9 Å². The Labute approximate surface area is 101 Å². The summed E-state index contributed by atoms with van der Waals surface area (Å²) in [5, 5.41) is 7.96. The van der Waals surface area contributed by atoms with E-state index in [4.69, 9.17) is 0 Å². The Morgan fingerprint density at radius 2 is 2.24 bits per heavy atom.